The first-order valence-corrected chi connectivity index (χ1v) is 9.18. The molecule has 0 spiro atoms. The molecule has 1 aromatic carbocycles. The number of nitrogens with zero attached hydrogens (tertiary/aromatic N) is 2. The Labute approximate surface area is 153 Å². The third-order valence-corrected chi connectivity index (χ3v) is 4.98. The van der Waals surface area contributed by atoms with Gasteiger partial charge in [0.25, 0.3) is 0 Å². The second kappa shape index (κ2) is 7.16. The molecule has 1 aliphatic heterocycles. The highest BCUT2D eigenvalue weighted by Crippen LogP contribution is 2.26. The molecule has 0 radical (unpaired) electrons. The number of benzene rings is 1. The van der Waals surface area contributed by atoms with Crippen LogP contribution in [0.4, 0.5) is 5.69 Å². The molecule has 3 heterocycles. The molecule has 4 rings (SSSR count). The van der Waals surface area contributed by atoms with E-state index in [0.29, 0.717) is 11.1 Å². The zero-order valence-electron chi connectivity index (χ0n) is 14.9. The van der Waals surface area contributed by atoms with Crippen molar-refractivity contribution in [2.24, 2.45) is 0 Å². The molecule has 0 saturated carbocycles. The van der Waals surface area contributed by atoms with Crippen molar-refractivity contribution in [1.29, 1.82) is 0 Å². The predicted molar refractivity (Wildman–Crippen MR) is 104 cm³/mol. The summed E-state index contributed by atoms with van der Waals surface area (Å²) < 4.78 is 7.66. The normalized spacial score (nSPS) is 14.5. The predicted octanol–water partition coefficient (Wildman–Crippen LogP) is 3.92. The molecule has 0 aliphatic carbocycles. The second-order valence-corrected chi connectivity index (χ2v) is 6.79. The summed E-state index contributed by atoms with van der Waals surface area (Å²) >= 11 is 0. The average molecular weight is 347 g/mol. The quantitative estimate of drug-likeness (QED) is 0.408. The van der Waals surface area contributed by atoms with Crippen LogP contribution in [0.25, 0.3) is 22.1 Å². The Balaban J connectivity index is 1.70. The van der Waals surface area contributed by atoms with Crippen molar-refractivity contribution < 1.29 is 8.98 Å². The summed E-state index contributed by atoms with van der Waals surface area (Å²) in [4.78, 5) is 14.9. The van der Waals surface area contributed by atoms with E-state index in [0.717, 1.165) is 36.3 Å². The first kappa shape index (κ1) is 16.6. The van der Waals surface area contributed by atoms with Gasteiger partial charge in [-0.2, -0.15) is 0 Å². The minimum Gasteiger partial charge on any atom is -0.422 e. The maximum Gasteiger partial charge on any atom is 0.344 e. The summed E-state index contributed by atoms with van der Waals surface area (Å²) in [5, 5.41) is 0.947. The Morgan fingerprint density at radius 3 is 2.58 bits per heavy atom. The molecule has 0 atom stereocenters. The van der Waals surface area contributed by atoms with Crippen LogP contribution in [0.3, 0.4) is 0 Å². The van der Waals surface area contributed by atoms with E-state index in [-0.39, 0.29) is 5.63 Å². The summed E-state index contributed by atoms with van der Waals surface area (Å²) in [6.07, 6.45) is 9.47. The van der Waals surface area contributed by atoms with Crippen LogP contribution in [-0.4, -0.2) is 13.1 Å². The highest BCUT2D eigenvalue weighted by Gasteiger charge is 2.14. The SMILES string of the molecule is C=CC[n+]1ccc(-c2cc3ccc(N4CCCCC4)cc3oc2=O)cc1. The molecule has 1 fully saturated rings. The molecule has 0 unspecified atom stereocenters. The highest BCUT2D eigenvalue weighted by atomic mass is 16.4. The monoisotopic (exact) mass is 347 g/mol. The van der Waals surface area contributed by atoms with E-state index in [9.17, 15) is 4.79 Å². The molecule has 26 heavy (non-hydrogen) atoms. The van der Waals surface area contributed by atoms with Gasteiger partial charge >= 0.3 is 5.63 Å². The van der Waals surface area contributed by atoms with E-state index in [2.05, 4.69) is 17.5 Å². The summed E-state index contributed by atoms with van der Waals surface area (Å²) in [5.41, 5.74) is 2.95. The number of anilines is 1. The lowest BCUT2D eigenvalue weighted by molar-refractivity contribution is -0.686. The first-order valence-electron chi connectivity index (χ1n) is 9.18. The fraction of sp³-hybridized carbons (Fsp3) is 0.273. The molecule has 3 aromatic rings. The van der Waals surface area contributed by atoms with Crippen LogP contribution in [0.15, 0.2) is 70.7 Å². The summed E-state index contributed by atoms with van der Waals surface area (Å²) in [7, 11) is 0. The van der Waals surface area contributed by atoms with Gasteiger partial charge in [0.05, 0.1) is 5.56 Å². The van der Waals surface area contributed by atoms with Gasteiger partial charge in [-0.1, -0.05) is 6.58 Å². The van der Waals surface area contributed by atoms with Crippen LogP contribution in [0.5, 0.6) is 0 Å². The largest absolute Gasteiger partial charge is 0.422 e. The van der Waals surface area contributed by atoms with Gasteiger partial charge in [0.15, 0.2) is 18.9 Å². The lowest BCUT2D eigenvalue weighted by Crippen LogP contribution is -2.31. The standard InChI is InChI=1S/C22H23N2O2/c1-2-10-23-13-8-17(9-14-23)20-15-18-6-7-19(16-21(18)26-22(20)25)24-11-4-3-5-12-24/h2,6-9,13-16H,1,3-5,10-12H2/q+1. The van der Waals surface area contributed by atoms with Gasteiger partial charge in [0.2, 0.25) is 0 Å². The second-order valence-electron chi connectivity index (χ2n) is 6.79. The Morgan fingerprint density at radius 2 is 1.85 bits per heavy atom. The minimum atomic E-state index is -0.297. The molecule has 0 N–H and O–H groups in total. The van der Waals surface area contributed by atoms with E-state index >= 15 is 0 Å². The molecule has 1 saturated heterocycles. The van der Waals surface area contributed by atoms with Crippen LogP contribution >= 0.6 is 0 Å². The van der Waals surface area contributed by atoms with Gasteiger partial charge in [-0.15, -0.1) is 0 Å². The molecule has 132 valence electrons. The van der Waals surface area contributed by atoms with Crippen molar-refractivity contribution >= 4 is 16.7 Å². The number of fused-ring (bicyclic) bond motifs is 1. The number of hydrogen-bond donors (Lipinski definition) is 0. The van der Waals surface area contributed by atoms with Crippen LogP contribution in [0.1, 0.15) is 19.3 Å². The Bertz CT molecular complexity index is 983. The van der Waals surface area contributed by atoms with E-state index < -0.39 is 0 Å². The van der Waals surface area contributed by atoms with Crippen LogP contribution in [0, 0.1) is 0 Å². The molecular formula is C22H23N2O2+. The van der Waals surface area contributed by atoms with E-state index in [1.54, 1.807) is 0 Å². The summed E-state index contributed by atoms with van der Waals surface area (Å²) in [6, 6.07) is 12.0. The minimum absolute atomic E-state index is 0.297. The Morgan fingerprint density at radius 1 is 1.08 bits per heavy atom. The zero-order valence-corrected chi connectivity index (χ0v) is 14.9. The zero-order chi connectivity index (χ0) is 17.9. The van der Waals surface area contributed by atoms with Crippen molar-refractivity contribution in [3.8, 4) is 11.1 Å². The van der Waals surface area contributed by atoms with E-state index in [1.165, 1.54) is 19.3 Å². The maximum absolute atomic E-state index is 12.5. The molecule has 2 aromatic heterocycles. The lowest BCUT2D eigenvalue weighted by atomic mass is 10.1. The smallest absolute Gasteiger partial charge is 0.344 e. The van der Waals surface area contributed by atoms with Crippen molar-refractivity contribution in [3.05, 3.63) is 71.9 Å². The molecule has 4 nitrogen and oxygen atoms in total. The van der Waals surface area contributed by atoms with Gasteiger partial charge in [0.1, 0.15) is 5.58 Å². The van der Waals surface area contributed by atoms with E-state index in [4.69, 9.17) is 4.42 Å². The van der Waals surface area contributed by atoms with Gasteiger partial charge in [-0.05, 0) is 43.5 Å². The molecular weight excluding hydrogens is 324 g/mol. The number of pyridine rings is 1. The van der Waals surface area contributed by atoms with Crippen molar-refractivity contribution in [1.82, 2.24) is 0 Å². The third kappa shape index (κ3) is 3.27. The van der Waals surface area contributed by atoms with Crippen molar-refractivity contribution in [2.75, 3.05) is 18.0 Å². The lowest BCUT2D eigenvalue weighted by Gasteiger charge is -2.28. The number of allylic oxidation sites excluding steroid dienone is 1. The summed E-state index contributed by atoms with van der Waals surface area (Å²) in [5.74, 6) is 0. The van der Waals surface area contributed by atoms with Crippen LogP contribution in [0.2, 0.25) is 0 Å². The summed E-state index contributed by atoms with van der Waals surface area (Å²) in [6.45, 7) is 6.62. The number of rotatable bonds is 4. The fourth-order valence-electron chi connectivity index (χ4n) is 3.56. The fourth-order valence-corrected chi connectivity index (χ4v) is 3.56. The Hall–Kier alpha value is -2.88. The van der Waals surface area contributed by atoms with Crippen molar-refractivity contribution in [3.63, 3.8) is 0 Å². The van der Waals surface area contributed by atoms with Gasteiger partial charge in [-0.3, -0.25) is 0 Å². The van der Waals surface area contributed by atoms with Gasteiger partial charge < -0.3 is 9.32 Å². The Kier molecular flexibility index (Phi) is 4.57. The highest BCUT2D eigenvalue weighted by molar-refractivity contribution is 5.84. The van der Waals surface area contributed by atoms with E-state index in [1.807, 2.05) is 53.4 Å². The van der Waals surface area contributed by atoms with Crippen LogP contribution in [-0.2, 0) is 6.54 Å². The average Bonchev–Trinajstić information content (AvgIpc) is 2.69. The first-order chi connectivity index (χ1) is 12.7. The molecule has 1 aliphatic rings. The topological polar surface area (TPSA) is 37.3 Å². The van der Waals surface area contributed by atoms with Crippen LogP contribution < -0.4 is 15.1 Å². The molecule has 4 heteroatoms. The number of hydrogen-bond acceptors (Lipinski definition) is 3. The maximum atomic E-state index is 12.5. The molecule has 0 amide bonds. The third-order valence-electron chi connectivity index (χ3n) is 4.98. The van der Waals surface area contributed by atoms with Gasteiger partial charge in [-0.25, -0.2) is 9.36 Å². The molecule has 0 bridgehead atoms. The van der Waals surface area contributed by atoms with Crippen molar-refractivity contribution in [2.45, 2.75) is 25.8 Å². The van der Waals surface area contributed by atoms with Gasteiger partial charge in [0, 0.05) is 47.9 Å². The number of aromatic nitrogens is 1. The number of piperidine rings is 1.